The molecule has 2 aromatic heterocycles. The van der Waals surface area contributed by atoms with Gasteiger partial charge in [0.25, 0.3) is 0 Å². The van der Waals surface area contributed by atoms with Crippen molar-refractivity contribution in [2.75, 3.05) is 25.0 Å². The molecule has 0 spiro atoms. The van der Waals surface area contributed by atoms with Crippen LogP contribution in [0.3, 0.4) is 0 Å². The maximum Gasteiger partial charge on any atom is 0.418 e. The fourth-order valence-corrected chi connectivity index (χ4v) is 4.72. The number of rotatable bonds is 10. The van der Waals surface area contributed by atoms with E-state index in [1.54, 1.807) is 18.2 Å². The lowest BCUT2D eigenvalue weighted by molar-refractivity contribution is -0.137. The molecule has 1 aliphatic heterocycles. The van der Waals surface area contributed by atoms with Gasteiger partial charge in [-0.25, -0.2) is 9.97 Å². The summed E-state index contributed by atoms with van der Waals surface area (Å²) in [6.07, 6.45) is 9.00. The smallest absolute Gasteiger partial charge is 0.375 e. The van der Waals surface area contributed by atoms with Gasteiger partial charge in [-0.15, -0.1) is 0 Å². The van der Waals surface area contributed by atoms with Crippen LogP contribution in [0.5, 0.6) is 0 Å². The van der Waals surface area contributed by atoms with E-state index in [2.05, 4.69) is 42.0 Å². The molecule has 3 heterocycles. The number of fused-ring (bicyclic) bond motifs is 1. The summed E-state index contributed by atoms with van der Waals surface area (Å²) in [7, 11) is 0. The normalized spacial score (nSPS) is 17.4. The molecule has 41 heavy (non-hydrogen) atoms. The lowest BCUT2D eigenvalue weighted by atomic mass is 10.0. The van der Waals surface area contributed by atoms with Crippen molar-refractivity contribution in [3.8, 4) is 11.3 Å². The summed E-state index contributed by atoms with van der Waals surface area (Å²) in [6, 6.07) is 7.42. The maximum absolute atomic E-state index is 13.8. The number of hydrogen-bond acceptors (Lipinski definition) is 6. The molecule has 6 nitrogen and oxygen atoms in total. The van der Waals surface area contributed by atoms with E-state index in [1.165, 1.54) is 12.3 Å². The molecule has 1 N–H and O–H groups in total. The molecular weight excluding hydrogens is 527 g/mol. The lowest BCUT2D eigenvalue weighted by Crippen LogP contribution is -2.44. The molecule has 1 aliphatic rings. The Balaban J connectivity index is 1.78. The molecule has 4 rings (SSSR count). The fraction of sp³-hybridized carbons (Fsp3) is 0.406. The maximum atomic E-state index is 13.8. The molecule has 3 aromatic rings. The molecule has 1 aromatic carbocycles. The van der Waals surface area contributed by atoms with Crippen LogP contribution in [-0.4, -0.2) is 45.7 Å². The zero-order valence-electron chi connectivity index (χ0n) is 24.1. The molecule has 1 atom stereocenters. The number of unbranched alkanes of at least 4 members (excludes halogenated alkanes) is 1. The number of halogens is 3. The highest BCUT2D eigenvalue weighted by atomic mass is 19.4. The minimum Gasteiger partial charge on any atom is -0.375 e. The Morgan fingerprint density at radius 3 is 2.78 bits per heavy atom. The van der Waals surface area contributed by atoms with Gasteiger partial charge in [0, 0.05) is 35.9 Å². The van der Waals surface area contributed by atoms with E-state index in [4.69, 9.17) is 14.7 Å². The summed E-state index contributed by atoms with van der Waals surface area (Å²) in [5.74, 6) is 1.56. The number of aromatic nitrogens is 3. The number of anilines is 1. The van der Waals surface area contributed by atoms with Crippen LogP contribution in [0.4, 0.5) is 19.0 Å². The largest absolute Gasteiger partial charge is 0.418 e. The van der Waals surface area contributed by atoms with Crippen molar-refractivity contribution in [2.24, 2.45) is 5.92 Å². The Bertz CT molecular complexity index is 1410. The first-order valence-electron chi connectivity index (χ1n) is 14.1. The van der Waals surface area contributed by atoms with Gasteiger partial charge in [-0.1, -0.05) is 51.5 Å². The van der Waals surface area contributed by atoms with E-state index in [0.29, 0.717) is 47.2 Å². The van der Waals surface area contributed by atoms with E-state index < -0.39 is 11.7 Å². The molecule has 218 valence electrons. The first kappa shape index (κ1) is 30.4. The van der Waals surface area contributed by atoms with Crippen LogP contribution >= 0.6 is 0 Å². The number of morpholine rings is 1. The SMILES string of the molecule is C\C=C/C(=C\C=C\CCC)Nc1nc(CN2CCOC(C(C)C)C2)nc2cc(-c3ncccc3C(F)(F)F)ccc12. The van der Waals surface area contributed by atoms with Crippen molar-refractivity contribution in [2.45, 2.75) is 59.4 Å². The van der Waals surface area contributed by atoms with Crippen LogP contribution in [0, 0.1) is 5.92 Å². The summed E-state index contributed by atoms with van der Waals surface area (Å²) >= 11 is 0. The van der Waals surface area contributed by atoms with Crippen molar-refractivity contribution >= 4 is 16.7 Å². The third-order valence-corrected chi connectivity index (χ3v) is 6.89. The lowest BCUT2D eigenvalue weighted by Gasteiger charge is -2.34. The average molecular weight is 566 g/mol. The first-order chi connectivity index (χ1) is 19.7. The standard InChI is InChI=1S/C32H38F3N5O/c1-5-7-8-9-12-24(11-6-2)37-31-25-15-14-23(30-26(32(33,34)35)13-10-16-36-30)19-27(25)38-29(39-31)21-40-17-18-41-28(20-40)22(3)4/h6,8-16,19,22,28H,5,7,17-18,20-21H2,1-4H3,(H,37,38,39)/b9-8+,11-6-,24-12+. The van der Waals surface area contributed by atoms with Gasteiger partial charge in [-0.3, -0.25) is 9.88 Å². The van der Waals surface area contributed by atoms with Gasteiger partial charge in [0.2, 0.25) is 0 Å². The Hall–Kier alpha value is -3.56. The Labute approximate surface area is 240 Å². The summed E-state index contributed by atoms with van der Waals surface area (Å²) in [5.41, 5.74) is 0.824. The van der Waals surface area contributed by atoms with Gasteiger partial charge < -0.3 is 10.1 Å². The third-order valence-electron chi connectivity index (χ3n) is 6.89. The topological polar surface area (TPSA) is 63.2 Å². The molecule has 0 radical (unpaired) electrons. The van der Waals surface area contributed by atoms with Gasteiger partial charge in [0.15, 0.2) is 0 Å². The highest BCUT2D eigenvalue weighted by molar-refractivity contribution is 5.92. The van der Waals surface area contributed by atoms with Crippen LogP contribution in [-0.2, 0) is 17.5 Å². The third kappa shape index (κ3) is 8.01. The van der Waals surface area contributed by atoms with Crippen molar-refractivity contribution < 1.29 is 17.9 Å². The monoisotopic (exact) mass is 565 g/mol. The number of ether oxygens (including phenoxy) is 1. The number of pyridine rings is 1. The van der Waals surface area contributed by atoms with Crippen molar-refractivity contribution in [3.05, 3.63) is 84.0 Å². The van der Waals surface area contributed by atoms with E-state index in [0.717, 1.165) is 37.7 Å². The van der Waals surface area contributed by atoms with E-state index in [1.807, 2.05) is 31.2 Å². The van der Waals surface area contributed by atoms with Crippen molar-refractivity contribution in [3.63, 3.8) is 0 Å². The van der Waals surface area contributed by atoms with E-state index >= 15 is 0 Å². The molecule has 1 unspecified atom stereocenters. The molecule has 1 saturated heterocycles. The van der Waals surface area contributed by atoms with Crippen molar-refractivity contribution in [1.82, 2.24) is 19.9 Å². The number of nitrogens with zero attached hydrogens (tertiary/aromatic N) is 4. The van der Waals surface area contributed by atoms with Gasteiger partial charge in [0.1, 0.15) is 11.6 Å². The van der Waals surface area contributed by atoms with Gasteiger partial charge >= 0.3 is 6.18 Å². The molecule has 9 heteroatoms. The number of benzene rings is 1. The minimum absolute atomic E-state index is 0.123. The molecule has 0 amide bonds. The van der Waals surface area contributed by atoms with E-state index in [9.17, 15) is 13.2 Å². The second-order valence-electron chi connectivity index (χ2n) is 10.5. The quantitative estimate of drug-likeness (QED) is 0.253. The zero-order chi connectivity index (χ0) is 29.4. The predicted octanol–water partition coefficient (Wildman–Crippen LogP) is 7.80. The number of nitrogens with one attached hydrogen (secondary N) is 1. The summed E-state index contributed by atoms with van der Waals surface area (Å²) in [6.45, 7) is 11.0. The number of hydrogen-bond donors (Lipinski definition) is 1. The van der Waals surface area contributed by atoms with Gasteiger partial charge in [-0.2, -0.15) is 13.2 Å². The Morgan fingerprint density at radius 1 is 1.22 bits per heavy atom. The fourth-order valence-electron chi connectivity index (χ4n) is 4.72. The molecule has 0 bridgehead atoms. The molecule has 1 fully saturated rings. The minimum atomic E-state index is -4.52. The summed E-state index contributed by atoms with van der Waals surface area (Å²) in [5, 5.41) is 4.14. The molecule has 0 aliphatic carbocycles. The molecular formula is C32H38F3N5O. The van der Waals surface area contributed by atoms with Crippen LogP contribution in [0.25, 0.3) is 22.2 Å². The average Bonchev–Trinajstić information content (AvgIpc) is 2.94. The molecule has 0 saturated carbocycles. The van der Waals surface area contributed by atoms with Crippen molar-refractivity contribution in [1.29, 1.82) is 0 Å². The highest BCUT2D eigenvalue weighted by Crippen LogP contribution is 2.37. The number of alkyl halides is 3. The van der Waals surface area contributed by atoms with Crippen LogP contribution in [0.15, 0.2) is 72.6 Å². The number of allylic oxidation sites excluding steroid dienone is 5. The van der Waals surface area contributed by atoms with Crippen LogP contribution < -0.4 is 5.32 Å². The van der Waals surface area contributed by atoms with Gasteiger partial charge in [-0.05, 0) is 55.7 Å². The van der Waals surface area contributed by atoms with Crippen LogP contribution in [0.1, 0.15) is 51.9 Å². The second kappa shape index (κ2) is 13.9. The highest BCUT2D eigenvalue weighted by Gasteiger charge is 2.34. The summed E-state index contributed by atoms with van der Waals surface area (Å²) in [4.78, 5) is 16.1. The van der Waals surface area contributed by atoms with Gasteiger partial charge in [0.05, 0.1) is 36.0 Å². The summed E-state index contributed by atoms with van der Waals surface area (Å²) < 4.78 is 47.3. The van der Waals surface area contributed by atoms with Crippen LogP contribution in [0.2, 0.25) is 0 Å². The second-order valence-corrected chi connectivity index (χ2v) is 10.5. The van der Waals surface area contributed by atoms with E-state index in [-0.39, 0.29) is 11.8 Å². The Morgan fingerprint density at radius 2 is 2.05 bits per heavy atom. The zero-order valence-corrected chi connectivity index (χ0v) is 24.1. The first-order valence-corrected chi connectivity index (χ1v) is 14.1. The Kier molecular flexibility index (Phi) is 10.3. The predicted molar refractivity (Wildman–Crippen MR) is 158 cm³/mol.